The average molecular weight is 317 g/mol. The fourth-order valence-corrected chi connectivity index (χ4v) is 2.58. The van der Waals surface area contributed by atoms with Crippen LogP contribution in [0.15, 0.2) is 73.1 Å². The number of ether oxygens (including phenoxy) is 1. The van der Waals surface area contributed by atoms with E-state index in [-0.39, 0.29) is 12.6 Å². The van der Waals surface area contributed by atoms with Crippen LogP contribution in [0.25, 0.3) is 16.6 Å². The maximum atomic E-state index is 12.2. The van der Waals surface area contributed by atoms with Crippen LogP contribution in [0.1, 0.15) is 16.1 Å². The summed E-state index contributed by atoms with van der Waals surface area (Å²) in [5.41, 5.74) is 3.28. The van der Waals surface area contributed by atoms with Gasteiger partial charge in [0.05, 0.1) is 5.69 Å². The fourth-order valence-electron chi connectivity index (χ4n) is 2.58. The first-order valence-electron chi connectivity index (χ1n) is 7.63. The highest BCUT2D eigenvalue weighted by atomic mass is 16.5. The van der Waals surface area contributed by atoms with E-state index in [4.69, 9.17) is 4.74 Å². The Kier molecular flexibility index (Phi) is 3.59. The molecule has 0 fully saturated rings. The second-order valence-corrected chi connectivity index (χ2v) is 5.46. The summed E-state index contributed by atoms with van der Waals surface area (Å²) in [6.07, 6.45) is 3.61. The Labute approximate surface area is 138 Å². The number of aromatic nitrogens is 3. The molecule has 0 aliphatic carbocycles. The second kappa shape index (κ2) is 6.04. The van der Waals surface area contributed by atoms with E-state index in [1.54, 1.807) is 16.9 Å². The van der Waals surface area contributed by atoms with Crippen LogP contribution in [0.4, 0.5) is 0 Å². The summed E-state index contributed by atoms with van der Waals surface area (Å²) in [6, 6.07) is 19.2. The molecule has 0 unspecified atom stereocenters. The van der Waals surface area contributed by atoms with E-state index >= 15 is 0 Å². The van der Waals surface area contributed by atoms with Crippen molar-refractivity contribution in [1.29, 1.82) is 0 Å². The zero-order valence-corrected chi connectivity index (χ0v) is 12.8. The number of carbonyl (C=O) groups excluding carboxylic acids is 1. The molecule has 0 bridgehead atoms. The summed E-state index contributed by atoms with van der Waals surface area (Å²) in [7, 11) is 0. The molecule has 118 valence electrons. The third kappa shape index (κ3) is 2.79. The van der Waals surface area contributed by atoms with Crippen LogP contribution in [0.5, 0.6) is 0 Å². The minimum Gasteiger partial charge on any atom is -0.456 e. The third-order valence-electron chi connectivity index (χ3n) is 3.83. The van der Waals surface area contributed by atoms with Gasteiger partial charge in [0, 0.05) is 23.3 Å². The molecule has 2 aromatic heterocycles. The lowest BCUT2D eigenvalue weighted by Gasteiger charge is -2.05. The van der Waals surface area contributed by atoms with Gasteiger partial charge in [0.2, 0.25) is 0 Å². The third-order valence-corrected chi connectivity index (χ3v) is 3.83. The molecule has 0 aliphatic heterocycles. The van der Waals surface area contributed by atoms with Crippen LogP contribution in [0.3, 0.4) is 0 Å². The van der Waals surface area contributed by atoms with Crippen LogP contribution in [-0.2, 0) is 11.3 Å². The Morgan fingerprint density at radius 2 is 1.92 bits per heavy atom. The average Bonchev–Trinajstić information content (AvgIpc) is 3.29. The summed E-state index contributed by atoms with van der Waals surface area (Å²) >= 11 is 0. The standard InChI is InChI=1S/C19H15N3O2/c23-19(18-12-15-4-1-2-5-17(15)21-18)24-13-14-6-8-16(9-7-14)22-11-3-10-20-22/h1-12,21H,13H2. The lowest BCUT2D eigenvalue weighted by molar-refractivity contribution is 0.0467. The van der Waals surface area contributed by atoms with Crippen LogP contribution < -0.4 is 0 Å². The highest BCUT2D eigenvalue weighted by molar-refractivity contribution is 5.94. The molecule has 0 saturated carbocycles. The molecule has 0 atom stereocenters. The van der Waals surface area contributed by atoms with Gasteiger partial charge in [-0.2, -0.15) is 5.10 Å². The van der Waals surface area contributed by atoms with Gasteiger partial charge in [-0.15, -0.1) is 0 Å². The maximum absolute atomic E-state index is 12.2. The number of rotatable bonds is 4. The number of fused-ring (bicyclic) bond motifs is 1. The van der Waals surface area contributed by atoms with Gasteiger partial charge in [0.15, 0.2) is 0 Å². The molecule has 0 radical (unpaired) electrons. The number of hydrogen-bond acceptors (Lipinski definition) is 3. The molecule has 4 aromatic rings. The Morgan fingerprint density at radius 1 is 1.08 bits per heavy atom. The number of nitrogens with one attached hydrogen (secondary N) is 1. The molecular formula is C19H15N3O2. The lowest BCUT2D eigenvalue weighted by Crippen LogP contribution is -2.05. The molecule has 2 aromatic carbocycles. The monoisotopic (exact) mass is 317 g/mol. The zero-order chi connectivity index (χ0) is 16.4. The topological polar surface area (TPSA) is 59.9 Å². The number of benzene rings is 2. The molecule has 5 heteroatoms. The number of para-hydroxylation sites is 1. The van der Waals surface area contributed by atoms with Crippen molar-refractivity contribution in [3.05, 3.63) is 84.3 Å². The van der Waals surface area contributed by atoms with Crippen molar-refractivity contribution in [3.8, 4) is 5.69 Å². The van der Waals surface area contributed by atoms with Gasteiger partial charge < -0.3 is 9.72 Å². The number of nitrogens with zero attached hydrogens (tertiary/aromatic N) is 2. The van der Waals surface area contributed by atoms with Gasteiger partial charge in [0.25, 0.3) is 0 Å². The van der Waals surface area contributed by atoms with Crippen molar-refractivity contribution in [2.75, 3.05) is 0 Å². The fraction of sp³-hybridized carbons (Fsp3) is 0.0526. The van der Waals surface area contributed by atoms with Crippen LogP contribution in [-0.4, -0.2) is 20.7 Å². The van der Waals surface area contributed by atoms with E-state index in [0.717, 1.165) is 22.2 Å². The Morgan fingerprint density at radius 3 is 2.67 bits per heavy atom. The number of hydrogen-bond donors (Lipinski definition) is 1. The van der Waals surface area contributed by atoms with Crippen molar-refractivity contribution in [1.82, 2.24) is 14.8 Å². The molecule has 4 rings (SSSR count). The quantitative estimate of drug-likeness (QED) is 0.584. The number of carbonyl (C=O) groups is 1. The molecule has 24 heavy (non-hydrogen) atoms. The van der Waals surface area contributed by atoms with Crippen molar-refractivity contribution in [2.24, 2.45) is 0 Å². The molecule has 0 saturated heterocycles. The normalized spacial score (nSPS) is 10.8. The largest absolute Gasteiger partial charge is 0.456 e. The Bertz CT molecular complexity index is 936. The van der Waals surface area contributed by atoms with E-state index in [1.807, 2.05) is 60.8 Å². The minimum atomic E-state index is -0.359. The molecular weight excluding hydrogens is 302 g/mol. The van der Waals surface area contributed by atoms with E-state index in [1.165, 1.54) is 0 Å². The van der Waals surface area contributed by atoms with Gasteiger partial charge >= 0.3 is 5.97 Å². The number of aromatic amines is 1. The predicted octanol–water partition coefficient (Wildman–Crippen LogP) is 3.71. The molecule has 0 spiro atoms. The summed E-state index contributed by atoms with van der Waals surface area (Å²) in [5, 5.41) is 5.17. The van der Waals surface area contributed by atoms with Gasteiger partial charge in [-0.05, 0) is 35.9 Å². The zero-order valence-electron chi connectivity index (χ0n) is 12.8. The predicted molar refractivity (Wildman–Crippen MR) is 91.0 cm³/mol. The van der Waals surface area contributed by atoms with E-state index < -0.39 is 0 Å². The molecule has 5 nitrogen and oxygen atoms in total. The lowest BCUT2D eigenvalue weighted by atomic mass is 10.2. The van der Waals surface area contributed by atoms with Crippen LogP contribution in [0, 0.1) is 0 Å². The maximum Gasteiger partial charge on any atom is 0.355 e. The molecule has 2 heterocycles. The SMILES string of the molecule is O=C(OCc1ccc(-n2cccn2)cc1)c1cc2ccccc2[nH]1. The Balaban J connectivity index is 1.43. The summed E-state index contributed by atoms with van der Waals surface area (Å²) in [5.74, 6) is -0.359. The molecule has 0 aliphatic rings. The van der Waals surface area contributed by atoms with Crippen molar-refractivity contribution < 1.29 is 9.53 Å². The van der Waals surface area contributed by atoms with Gasteiger partial charge in [0.1, 0.15) is 12.3 Å². The van der Waals surface area contributed by atoms with Crippen LogP contribution >= 0.6 is 0 Å². The minimum absolute atomic E-state index is 0.230. The summed E-state index contributed by atoms with van der Waals surface area (Å²) in [6.45, 7) is 0.230. The van der Waals surface area contributed by atoms with Gasteiger partial charge in [-0.1, -0.05) is 30.3 Å². The smallest absolute Gasteiger partial charge is 0.355 e. The molecule has 0 amide bonds. The van der Waals surface area contributed by atoms with Crippen molar-refractivity contribution in [2.45, 2.75) is 6.61 Å². The summed E-state index contributed by atoms with van der Waals surface area (Å²) in [4.78, 5) is 15.2. The number of H-pyrrole nitrogens is 1. The van der Waals surface area contributed by atoms with Crippen molar-refractivity contribution in [3.63, 3.8) is 0 Å². The first-order valence-corrected chi connectivity index (χ1v) is 7.63. The highest BCUT2D eigenvalue weighted by Gasteiger charge is 2.11. The van der Waals surface area contributed by atoms with Gasteiger partial charge in [-0.3, -0.25) is 0 Å². The van der Waals surface area contributed by atoms with Crippen molar-refractivity contribution >= 4 is 16.9 Å². The number of esters is 1. The van der Waals surface area contributed by atoms with Gasteiger partial charge in [-0.25, -0.2) is 9.48 Å². The van der Waals surface area contributed by atoms with Crippen LogP contribution in [0.2, 0.25) is 0 Å². The first-order chi connectivity index (χ1) is 11.8. The van der Waals surface area contributed by atoms with E-state index in [0.29, 0.717) is 5.69 Å². The second-order valence-electron chi connectivity index (χ2n) is 5.46. The summed E-state index contributed by atoms with van der Waals surface area (Å²) < 4.78 is 7.16. The van der Waals surface area contributed by atoms with E-state index in [2.05, 4.69) is 10.1 Å². The molecule has 1 N–H and O–H groups in total. The highest BCUT2D eigenvalue weighted by Crippen LogP contribution is 2.16. The first kappa shape index (κ1) is 14.3. The van der Waals surface area contributed by atoms with E-state index in [9.17, 15) is 4.79 Å². The Hall–Kier alpha value is -3.34.